The zero-order valence-corrected chi connectivity index (χ0v) is 8.54. The van der Waals surface area contributed by atoms with Crippen molar-refractivity contribution in [2.45, 2.75) is 10.9 Å². The number of fused-ring (bicyclic) bond motifs is 1. The average Bonchev–Trinajstić information content (AvgIpc) is 2.46. The number of hydrogen-bond donors (Lipinski definition) is 1. The molecule has 1 unspecified atom stereocenters. The molecule has 0 aromatic heterocycles. The van der Waals surface area contributed by atoms with Crippen LogP contribution in [0.1, 0.15) is 11.6 Å². The Labute approximate surface area is 82.6 Å². The topological polar surface area (TPSA) is 69.4 Å². The molecular weight excluding hydrogens is 202 g/mol. The number of para-hydroxylation sites is 1. The highest BCUT2D eigenvalue weighted by molar-refractivity contribution is 7.90. The number of nitrogens with two attached hydrogens (primary N) is 1. The molecule has 76 valence electrons. The van der Waals surface area contributed by atoms with Crippen molar-refractivity contribution in [1.82, 2.24) is 0 Å². The summed E-state index contributed by atoms with van der Waals surface area (Å²) in [6.45, 7) is 0.349. The third-order valence-electron chi connectivity index (χ3n) is 2.22. The fourth-order valence-electron chi connectivity index (χ4n) is 1.53. The lowest BCUT2D eigenvalue weighted by Crippen LogP contribution is -2.10. The van der Waals surface area contributed by atoms with Crippen molar-refractivity contribution < 1.29 is 13.2 Å². The van der Waals surface area contributed by atoms with E-state index in [0.717, 1.165) is 11.8 Å². The minimum absolute atomic E-state index is 0.216. The molecule has 5 heteroatoms. The molecule has 1 atom stereocenters. The molecule has 1 aliphatic rings. The number of benzene rings is 1. The van der Waals surface area contributed by atoms with Gasteiger partial charge in [-0.05, 0) is 6.07 Å². The summed E-state index contributed by atoms with van der Waals surface area (Å²) < 4.78 is 28.0. The monoisotopic (exact) mass is 213 g/mol. The van der Waals surface area contributed by atoms with Crippen LogP contribution in [-0.4, -0.2) is 21.3 Å². The van der Waals surface area contributed by atoms with E-state index in [1.165, 1.54) is 6.07 Å². The maximum Gasteiger partial charge on any atom is 0.179 e. The van der Waals surface area contributed by atoms with Crippen molar-refractivity contribution in [2.75, 3.05) is 12.9 Å². The molecule has 0 spiro atoms. The molecule has 4 nitrogen and oxygen atoms in total. The number of sulfone groups is 1. The summed E-state index contributed by atoms with van der Waals surface area (Å²) in [5.74, 6) is 0.419. The smallest absolute Gasteiger partial charge is 0.179 e. The van der Waals surface area contributed by atoms with Crippen LogP contribution in [0.2, 0.25) is 0 Å². The van der Waals surface area contributed by atoms with Gasteiger partial charge in [-0.1, -0.05) is 12.1 Å². The van der Waals surface area contributed by atoms with Crippen LogP contribution in [0.25, 0.3) is 0 Å². The Morgan fingerprint density at radius 2 is 2.21 bits per heavy atom. The Morgan fingerprint density at radius 3 is 2.86 bits per heavy atom. The molecule has 2 N–H and O–H groups in total. The van der Waals surface area contributed by atoms with Crippen molar-refractivity contribution in [3.8, 4) is 5.75 Å². The molecule has 0 bridgehead atoms. The van der Waals surface area contributed by atoms with Crippen LogP contribution < -0.4 is 10.5 Å². The number of ether oxygens (including phenoxy) is 1. The first kappa shape index (κ1) is 9.48. The standard InChI is InChI=1S/C9H11NO3S/c1-14(11,12)8-4-2-3-6-7(10)5-13-9(6)8/h2-4,7H,5,10H2,1H3. The zero-order chi connectivity index (χ0) is 10.3. The first-order valence-electron chi connectivity index (χ1n) is 4.21. The van der Waals surface area contributed by atoms with Gasteiger partial charge in [-0.15, -0.1) is 0 Å². The van der Waals surface area contributed by atoms with Crippen molar-refractivity contribution in [3.63, 3.8) is 0 Å². The summed E-state index contributed by atoms with van der Waals surface area (Å²) in [6, 6.07) is 4.80. The van der Waals surface area contributed by atoms with E-state index in [1.807, 2.05) is 0 Å². The first-order chi connectivity index (χ1) is 6.50. The van der Waals surface area contributed by atoms with Crippen molar-refractivity contribution in [2.24, 2.45) is 5.73 Å². The Hall–Kier alpha value is -1.07. The normalized spacial score (nSPS) is 20.3. The van der Waals surface area contributed by atoms with Gasteiger partial charge in [0.1, 0.15) is 17.3 Å². The molecule has 14 heavy (non-hydrogen) atoms. The molecule has 1 heterocycles. The second-order valence-corrected chi connectivity index (χ2v) is 5.35. The molecule has 0 saturated heterocycles. The first-order valence-corrected chi connectivity index (χ1v) is 6.10. The summed E-state index contributed by atoms with van der Waals surface area (Å²) >= 11 is 0. The van der Waals surface area contributed by atoms with Crippen molar-refractivity contribution in [1.29, 1.82) is 0 Å². The molecule has 0 saturated carbocycles. The van der Waals surface area contributed by atoms with Crippen LogP contribution >= 0.6 is 0 Å². The fraction of sp³-hybridized carbons (Fsp3) is 0.333. The summed E-state index contributed by atoms with van der Waals surface area (Å²) in [4.78, 5) is 0.225. The molecule has 2 rings (SSSR count). The molecule has 0 amide bonds. The van der Waals surface area contributed by atoms with E-state index in [2.05, 4.69) is 0 Å². The van der Waals surface area contributed by atoms with Gasteiger partial charge in [-0.2, -0.15) is 0 Å². The van der Waals surface area contributed by atoms with Crippen LogP contribution in [0.5, 0.6) is 5.75 Å². The second-order valence-electron chi connectivity index (χ2n) is 3.36. The van der Waals surface area contributed by atoms with Gasteiger partial charge in [0.15, 0.2) is 9.84 Å². The van der Waals surface area contributed by atoms with Crippen molar-refractivity contribution >= 4 is 9.84 Å². The lowest BCUT2D eigenvalue weighted by molar-refractivity contribution is 0.326. The highest BCUT2D eigenvalue weighted by atomic mass is 32.2. The van der Waals surface area contributed by atoms with Gasteiger partial charge < -0.3 is 10.5 Å². The highest BCUT2D eigenvalue weighted by Gasteiger charge is 2.26. The highest BCUT2D eigenvalue weighted by Crippen LogP contribution is 2.36. The summed E-state index contributed by atoms with van der Waals surface area (Å²) in [7, 11) is -3.23. The van der Waals surface area contributed by atoms with Gasteiger partial charge in [-0.25, -0.2) is 8.42 Å². The molecule has 1 aromatic rings. The van der Waals surface area contributed by atoms with Crippen LogP contribution in [0.4, 0.5) is 0 Å². The number of rotatable bonds is 1. The number of hydrogen-bond acceptors (Lipinski definition) is 4. The molecule has 1 aliphatic heterocycles. The SMILES string of the molecule is CS(=O)(=O)c1cccc2c1OCC2N. The van der Waals surface area contributed by atoms with E-state index in [9.17, 15) is 8.42 Å². The molecule has 1 aromatic carbocycles. The summed E-state index contributed by atoms with van der Waals surface area (Å²) in [5, 5.41) is 0. The Morgan fingerprint density at radius 1 is 1.50 bits per heavy atom. The fourth-order valence-corrected chi connectivity index (χ4v) is 2.37. The van der Waals surface area contributed by atoms with E-state index in [4.69, 9.17) is 10.5 Å². The third-order valence-corrected chi connectivity index (χ3v) is 3.34. The quantitative estimate of drug-likeness (QED) is 0.736. The van der Waals surface area contributed by atoms with E-state index in [1.54, 1.807) is 12.1 Å². The predicted octanol–water partition coefficient (Wildman–Crippen LogP) is 0.482. The van der Waals surface area contributed by atoms with E-state index in [-0.39, 0.29) is 10.9 Å². The molecule has 0 aliphatic carbocycles. The Balaban J connectivity index is 2.67. The molecule has 0 fully saturated rings. The summed E-state index contributed by atoms with van der Waals surface area (Å²) in [5.41, 5.74) is 6.51. The van der Waals surface area contributed by atoms with Crippen LogP contribution in [-0.2, 0) is 9.84 Å². The minimum Gasteiger partial charge on any atom is -0.490 e. The maximum absolute atomic E-state index is 11.4. The predicted molar refractivity (Wildman–Crippen MR) is 52.0 cm³/mol. The maximum atomic E-state index is 11.4. The Kier molecular flexibility index (Phi) is 2.01. The lowest BCUT2D eigenvalue weighted by Gasteiger charge is -2.05. The summed E-state index contributed by atoms with van der Waals surface area (Å²) in [6.07, 6.45) is 1.16. The third kappa shape index (κ3) is 1.38. The van der Waals surface area contributed by atoms with Gasteiger partial charge in [0.25, 0.3) is 0 Å². The molecule has 0 radical (unpaired) electrons. The van der Waals surface area contributed by atoms with Crippen LogP contribution in [0, 0.1) is 0 Å². The molecular formula is C9H11NO3S. The van der Waals surface area contributed by atoms with E-state index in [0.29, 0.717) is 12.4 Å². The van der Waals surface area contributed by atoms with E-state index >= 15 is 0 Å². The minimum atomic E-state index is -3.23. The van der Waals surface area contributed by atoms with Gasteiger partial charge in [0.2, 0.25) is 0 Å². The zero-order valence-electron chi connectivity index (χ0n) is 7.73. The lowest BCUT2D eigenvalue weighted by atomic mass is 10.1. The van der Waals surface area contributed by atoms with Gasteiger partial charge in [0, 0.05) is 11.8 Å². The van der Waals surface area contributed by atoms with Gasteiger partial charge in [-0.3, -0.25) is 0 Å². The Bertz CT molecular complexity index is 467. The van der Waals surface area contributed by atoms with Gasteiger partial charge in [0.05, 0.1) is 6.04 Å². The second kappa shape index (κ2) is 2.96. The van der Waals surface area contributed by atoms with Crippen LogP contribution in [0.3, 0.4) is 0 Å². The van der Waals surface area contributed by atoms with E-state index < -0.39 is 9.84 Å². The van der Waals surface area contributed by atoms with Gasteiger partial charge >= 0.3 is 0 Å². The largest absolute Gasteiger partial charge is 0.490 e. The van der Waals surface area contributed by atoms with Crippen LogP contribution in [0.15, 0.2) is 23.1 Å². The van der Waals surface area contributed by atoms with Crippen molar-refractivity contribution in [3.05, 3.63) is 23.8 Å². The average molecular weight is 213 g/mol.